The Kier molecular flexibility index (Phi) is 4.12. The van der Waals surface area contributed by atoms with Gasteiger partial charge in [-0.2, -0.15) is 0 Å². The molecule has 0 aliphatic heterocycles. The quantitative estimate of drug-likeness (QED) is 0.624. The zero-order valence-corrected chi connectivity index (χ0v) is 14.1. The summed E-state index contributed by atoms with van der Waals surface area (Å²) in [5.74, 6) is 0. The van der Waals surface area contributed by atoms with Crippen molar-refractivity contribution in [2.75, 3.05) is 5.32 Å². The van der Waals surface area contributed by atoms with Gasteiger partial charge < -0.3 is 9.73 Å². The van der Waals surface area contributed by atoms with Crippen molar-refractivity contribution in [2.45, 2.75) is 6.54 Å². The average molecular weight is 409 g/mol. The molecule has 106 valence electrons. The molecule has 3 rings (SSSR count). The highest BCUT2D eigenvalue weighted by molar-refractivity contribution is 9.10. The second-order valence-corrected chi connectivity index (χ2v) is 6.33. The van der Waals surface area contributed by atoms with Gasteiger partial charge in [-0.25, -0.2) is 4.79 Å². The summed E-state index contributed by atoms with van der Waals surface area (Å²) in [6.07, 6.45) is 0. The molecule has 2 aromatic carbocycles. The monoisotopic (exact) mass is 407 g/mol. The van der Waals surface area contributed by atoms with Crippen molar-refractivity contribution >= 4 is 48.5 Å². The fourth-order valence-electron chi connectivity index (χ4n) is 2.15. The van der Waals surface area contributed by atoms with Gasteiger partial charge in [0.25, 0.3) is 0 Å². The molecule has 0 saturated heterocycles. The Hall–Kier alpha value is -1.59. The molecular formula is C16H11Br2NO2. The lowest BCUT2D eigenvalue weighted by molar-refractivity contribution is 0.559. The number of hydrogen-bond acceptors (Lipinski definition) is 3. The Morgan fingerprint density at radius 2 is 1.86 bits per heavy atom. The van der Waals surface area contributed by atoms with Gasteiger partial charge in [0.15, 0.2) is 0 Å². The lowest BCUT2D eigenvalue weighted by Crippen LogP contribution is -2.06. The lowest BCUT2D eigenvalue weighted by atomic mass is 10.1. The number of para-hydroxylation sites is 1. The molecule has 0 unspecified atom stereocenters. The number of fused-ring (bicyclic) bond motifs is 1. The van der Waals surface area contributed by atoms with Crippen molar-refractivity contribution in [2.24, 2.45) is 0 Å². The second-order valence-electron chi connectivity index (χ2n) is 4.56. The summed E-state index contributed by atoms with van der Waals surface area (Å²) in [7, 11) is 0. The molecule has 0 bridgehead atoms. The minimum atomic E-state index is -0.343. The molecule has 1 N–H and O–H groups in total. The molecule has 0 amide bonds. The highest BCUT2D eigenvalue weighted by Crippen LogP contribution is 2.25. The summed E-state index contributed by atoms with van der Waals surface area (Å²) in [5, 5.41) is 4.25. The largest absolute Gasteiger partial charge is 0.423 e. The highest BCUT2D eigenvalue weighted by Gasteiger charge is 2.07. The number of anilines is 1. The zero-order valence-electron chi connectivity index (χ0n) is 10.9. The third-order valence-corrected chi connectivity index (χ3v) is 4.32. The van der Waals surface area contributed by atoms with Crippen LogP contribution in [0.25, 0.3) is 11.0 Å². The third-order valence-electron chi connectivity index (χ3n) is 3.14. The number of benzene rings is 2. The summed E-state index contributed by atoms with van der Waals surface area (Å²) < 4.78 is 7.11. The van der Waals surface area contributed by atoms with Gasteiger partial charge in [-0.1, -0.05) is 28.1 Å². The van der Waals surface area contributed by atoms with E-state index in [0.717, 1.165) is 25.6 Å². The van der Waals surface area contributed by atoms with Crippen LogP contribution in [0.3, 0.4) is 0 Å². The molecule has 3 nitrogen and oxygen atoms in total. The van der Waals surface area contributed by atoms with Crippen LogP contribution in [-0.4, -0.2) is 0 Å². The molecule has 0 atom stereocenters. The number of hydrogen-bond donors (Lipinski definition) is 1. The van der Waals surface area contributed by atoms with Crippen LogP contribution in [-0.2, 0) is 6.54 Å². The van der Waals surface area contributed by atoms with Crippen molar-refractivity contribution in [3.63, 3.8) is 0 Å². The van der Waals surface area contributed by atoms with Crippen LogP contribution < -0.4 is 10.9 Å². The molecule has 0 saturated carbocycles. The van der Waals surface area contributed by atoms with Crippen LogP contribution in [0.4, 0.5) is 5.69 Å². The smallest absolute Gasteiger partial charge is 0.336 e. The summed E-state index contributed by atoms with van der Waals surface area (Å²) in [5.41, 5.74) is 2.13. The molecule has 21 heavy (non-hydrogen) atoms. The van der Waals surface area contributed by atoms with Gasteiger partial charge in [0.05, 0.1) is 0 Å². The maximum Gasteiger partial charge on any atom is 0.336 e. The molecule has 0 fully saturated rings. The number of rotatable bonds is 3. The molecule has 0 radical (unpaired) electrons. The van der Waals surface area contributed by atoms with Gasteiger partial charge in [-0.05, 0) is 51.8 Å². The predicted octanol–water partition coefficient (Wildman–Crippen LogP) is 4.93. The van der Waals surface area contributed by atoms with Crippen molar-refractivity contribution in [3.8, 4) is 0 Å². The topological polar surface area (TPSA) is 42.2 Å². The SMILES string of the molecule is O=c1cc(CNc2ccccc2Br)c2ccc(Br)cc2o1. The van der Waals surface area contributed by atoms with Gasteiger partial charge in [-0.15, -0.1) is 0 Å². The van der Waals surface area contributed by atoms with E-state index in [1.54, 1.807) is 6.07 Å². The van der Waals surface area contributed by atoms with E-state index in [-0.39, 0.29) is 5.63 Å². The minimum absolute atomic E-state index is 0.343. The number of nitrogens with one attached hydrogen (secondary N) is 1. The van der Waals surface area contributed by atoms with Crippen LogP contribution in [0.1, 0.15) is 5.56 Å². The molecular weight excluding hydrogens is 398 g/mol. The second kappa shape index (κ2) is 6.03. The van der Waals surface area contributed by atoms with E-state index in [0.29, 0.717) is 12.1 Å². The Balaban J connectivity index is 1.97. The van der Waals surface area contributed by atoms with Gasteiger partial charge in [-0.3, -0.25) is 0 Å². The first-order valence-corrected chi connectivity index (χ1v) is 7.93. The first-order chi connectivity index (χ1) is 10.1. The predicted molar refractivity (Wildman–Crippen MR) is 91.7 cm³/mol. The zero-order chi connectivity index (χ0) is 14.8. The normalized spacial score (nSPS) is 10.8. The number of halogens is 2. The van der Waals surface area contributed by atoms with E-state index in [4.69, 9.17) is 4.42 Å². The molecule has 0 aliphatic carbocycles. The molecule has 3 aromatic rings. The standard InChI is InChI=1S/C16H11Br2NO2/c17-11-5-6-12-10(7-16(20)21-15(12)8-11)9-19-14-4-2-1-3-13(14)18/h1-8,19H,9H2. The Bertz CT molecular complexity index is 858. The summed E-state index contributed by atoms with van der Waals surface area (Å²) in [4.78, 5) is 11.7. The summed E-state index contributed by atoms with van der Waals surface area (Å²) >= 11 is 6.88. The molecule has 1 heterocycles. The Morgan fingerprint density at radius 3 is 2.67 bits per heavy atom. The Morgan fingerprint density at radius 1 is 1.05 bits per heavy atom. The van der Waals surface area contributed by atoms with E-state index >= 15 is 0 Å². The van der Waals surface area contributed by atoms with Gasteiger partial charge in [0.2, 0.25) is 0 Å². The van der Waals surface area contributed by atoms with E-state index in [9.17, 15) is 4.79 Å². The van der Waals surface area contributed by atoms with E-state index in [1.807, 2.05) is 36.4 Å². The fraction of sp³-hybridized carbons (Fsp3) is 0.0625. The van der Waals surface area contributed by atoms with Crippen LogP contribution in [0.2, 0.25) is 0 Å². The van der Waals surface area contributed by atoms with Crippen LogP contribution in [0.15, 0.2) is 66.7 Å². The molecule has 0 spiro atoms. The Labute approximate surface area is 138 Å². The third kappa shape index (κ3) is 3.19. The molecule has 0 aliphatic rings. The average Bonchev–Trinajstić information content (AvgIpc) is 2.45. The first kappa shape index (κ1) is 14.4. The van der Waals surface area contributed by atoms with Gasteiger partial charge in [0, 0.05) is 32.6 Å². The summed E-state index contributed by atoms with van der Waals surface area (Å²) in [6, 6.07) is 15.1. The minimum Gasteiger partial charge on any atom is -0.423 e. The van der Waals surface area contributed by atoms with Crippen LogP contribution >= 0.6 is 31.9 Å². The van der Waals surface area contributed by atoms with E-state index in [2.05, 4.69) is 37.2 Å². The van der Waals surface area contributed by atoms with Gasteiger partial charge in [0.1, 0.15) is 5.58 Å². The summed E-state index contributed by atoms with van der Waals surface area (Å²) in [6.45, 7) is 0.548. The van der Waals surface area contributed by atoms with Crippen molar-refractivity contribution in [1.82, 2.24) is 0 Å². The van der Waals surface area contributed by atoms with Crippen molar-refractivity contribution in [3.05, 3.63) is 73.5 Å². The van der Waals surface area contributed by atoms with Gasteiger partial charge >= 0.3 is 5.63 Å². The van der Waals surface area contributed by atoms with Crippen molar-refractivity contribution in [1.29, 1.82) is 0 Å². The highest BCUT2D eigenvalue weighted by atomic mass is 79.9. The molecule has 1 aromatic heterocycles. The maximum atomic E-state index is 11.7. The van der Waals surface area contributed by atoms with Crippen LogP contribution in [0.5, 0.6) is 0 Å². The lowest BCUT2D eigenvalue weighted by Gasteiger charge is -2.10. The van der Waals surface area contributed by atoms with Crippen molar-refractivity contribution < 1.29 is 4.42 Å². The van der Waals surface area contributed by atoms with Crippen LogP contribution in [0, 0.1) is 0 Å². The first-order valence-electron chi connectivity index (χ1n) is 6.34. The van der Waals surface area contributed by atoms with E-state index < -0.39 is 0 Å². The van der Waals surface area contributed by atoms with E-state index in [1.165, 1.54) is 6.07 Å². The maximum absolute atomic E-state index is 11.7. The molecule has 5 heteroatoms. The fourth-order valence-corrected chi connectivity index (χ4v) is 2.91.